The molecule has 1 amide bonds. The van der Waals surface area contributed by atoms with Gasteiger partial charge in [-0.15, -0.1) is 10.2 Å². The Hall–Kier alpha value is -3.50. The summed E-state index contributed by atoms with van der Waals surface area (Å²) in [6, 6.07) is 7.54. The molecule has 1 fully saturated rings. The molecule has 1 aliphatic heterocycles. The van der Waals surface area contributed by atoms with Crippen molar-refractivity contribution < 1.29 is 18.0 Å². The number of hydrogen-bond donors (Lipinski definition) is 1. The highest BCUT2D eigenvalue weighted by Crippen LogP contribution is 2.29. The zero-order chi connectivity index (χ0) is 24.5. The summed E-state index contributed by atoms with van der Waals surface area (Å²) in [5, 5.41) is 18.6. The van der Waals surface area contributed by atoms with E-state index in [1.807, 2.05) is 36.9 Å². The number of nitrogens with one attached hydrogen (secondary N) is 1. The maximum Gasteiger partial charge on any atom is 0.435 e. The zero-order valence-electron chi connectivity index (χ0n) is 19.2. The zero-order valence-corrected chi connectivity index (χ0v) is 19.2. The van der Waals surface area contributed by atoms with Crippen molar-refractivity contribution in [1.29, 1.82) is 0 Å². The fraction of sp³-hybridized carbons (Fsp3) is 0.435. The minimum atomic E-state index is -4.54. The number of likely N-dealkylation sites (tertiary alicyclic amines) is 1. The van der Waals surface area contributed by atoms with Gasteiger partial charge in [0.25, 0.3) is 5.91 Å². The van der Waals surface area contributed by atoms with Crippen LogP contribution >= 0.6 is 0 Å². The molecule has 3 aromatic rings. The Kier molecular flexibility index (Phi) is 6.54. The molecule has 3 heterocycles. The number of nitrogens with zero attached hydrogens (tertiary/aromatic N) is 6. The van der Waals surface area contributed by atoms with Crippen molar-refractivity contribution in [2.75, 3.05) is 18.4 Å². The number of aromatic nitrogens is 5. The number of amides is 1. The average Bonchev–Trinajstić information content (AvgIpc) is 3.23. The average molecular weight is 474 g/mol. The molecule has 1 N–H and O–H groups in total. The molecule has 2 atom stereocenters. The lowest BCUT2D eigenvalue weighted by Crippen LogP contribution is -2.51. The second-order valence-electron chi connectivity index (χ2n) is 8.66. The van der Waals surface area contributed by atoms with E-state index in [1.165, 1.54) is 10.9 Å². The second-order valence-corrected chi connectivity index (χ2v) is 8.66. The van der Waals surface area contributed by atoms with Crippen LogP contribution in [0.2, 0.25) is 0 Å². The van der Waals surface area contributed by atoms with Crippen molar-refractivity contribution >= 4 is 11.7 Å². The molecule has 0 unspecified atom stereocenters. The topological polar surface area (TPSA) is 88.8 Å². The number of halogens is 3. The number of benzene rings is 1. The van der Waals surface area contributed by atoms with E-state index in [1.54, 1.807) is 6.20 Å². The van der Waals surface area contributed by atoms with E-state index in [9.17, 15) is 18.0 Å². The standard InChI is InChI=1S/C23H26F3N7O/c1-14-6-7-18(33-28-12-16(3)31-33)17(11-14)22(34)32-10-4-5-15(2)19(32)13-27-21-9-8-20(29-30-21)23(24,25)26/h6-9,11-12,15,19H,4-5,10,13H2,1-3H3,(H,27,30)/t15-,19-/m1/s1. The fourth-order valence-corrected chi connectivity index (χ4v) is 4.21. The lowest BCUT2D eigenvalue weighted by molar-refractivity contribution is -0.141. The van der Waals surface area contributed by atoms with Gasteiger partial charge in [0.05, 0.1) is 29.2 Å². The summed E-state index contributed by atoms with van der Waals surface area (Å²) < 4.78 is 38.3. The highest BCUT2D eigenvalue weighted by molar-refractivity contribution is 5.98. The number of piperidine rings is 1. The summed E-state index contributed by atoms with van der Waals surface area (Å²) in [5.41, 5.74) is 1.74. The van der Waals surface area contributed by atoms with Gasteiger partial charge in [0.2, 0.25) is 0 Å². The minimum Gasteiger partial charge on any atom is -0.367 e. The number of aryl methyl sites for hydroxylation is 2. The van der Waals surface area contributed by atoms with Gasteiger partial charge in [-0.1, -0.05) is 18.6 Å². The minimum absolute atomic E-state index is 0.134. The molecule has 11 heteroatoms. The van der Waals surface area contributed by atoms with Gasteiger partial charge < -0.3 is 10.2 Å². The Morgan fingerprint density at radius 2 is 1.97 bits per heavy atom. The molecule has 180 valence electrons. The molecule has 0 saturated carbocycles. The van der Waals surface area contributed by atoms with E-state index in [4.69, 9.17) is 0 Å². The van der Waals surface area contributed by atoms with Gasteiger partial charge >= 0.3 is 6.18 Å². The number of rotatable bonds is 5. The van der Waals surface area contributed by atoms with Gasteiger partial charge in [-0.2, -0.15) is 28.2 Å². The molecule has 1 saturated heterocycles. The summed E-state index contributed by atoms with van der Waals surface area (Å²) in [6.45, 7) is 6.74. The van der Waals surface area contributed by atoms with Crippen molar-refractivity contribution in [2.24, 2.45) is 5.92 Å². The molecule has 34 heavy (non-hydrogen) atoms. The molecule has 4 rings (SSSR count). The monoisotopic (exact) mass is 473 g/mol. The summed E-state index contributed by atoms with van der Waals surface area (Å²) in [4.78, 5) is 17.0. The van der Waals surface area contributed by atoms with Crippen LogP contribution in [0.15, 0.2) is 36.5 Å². The SMILES string of the molecule is Cc1ccc(-n2ncc(C)n2)c(C(=O)N2CCC[C@@H](C)[C@H]2CNc2ccc(C(F)(F)F)nn2)c1. The molecule has 2 aromatic heterocycles. The Labute approximate surface area is 195 Å². The number of carbonyl (C=O) groups is 1. The van der Waals surface area contributed by atoms with E-state index in [-0.39, 0.29) is 23.7 Å². The highest BCUT2D eigenvalue weighted by Gasteiger charge is 2.35. The lowest BCUT2D eigenvalue weighted by atomic mass is 9.89. The smallest absolute Gasteiger partial charge is 0.367 e. The maximum atomic E-state index is 13.8. The van der Waals surface area contributed by atoms with Crippen LogP contribution in [0.4, 0.5) is 19.0 Å². The van der Waals surface area contributed by atoms with Crippen molar-refractivity contribution in [3.8, 4) is 5.69 Å². The summed E-state index contributed by atoms with van der Waals surface area (Å²) in [5.74, 6) is 0.280. The van der Waals surface area contributed by atoms with Crippen molar-refractivity contribution in [1.82, 2.24) is 30.1 Å². The maximum absolute atomic E-state index is 13.8. The van der Waals surface area contributed by atoms with Gasteiger partial charge in [0.15, 0.2) is 5.69 Å². The Bertz CT molecular complexity index is 1160. The lowest BCUT2D eigenvalue weighted by Gasteiger charge is -2.40. The van der Waals surface area contributed by atoms with Crippen LogP contribution < -0.4 is 5.32 Å². The van der Waals surface area contributed by atoms with E-state index >= 15 is 0 Å². The van der Waals surface area contributed by atoms with Crippen LogP contribution in [0.25, 0.3) is 5.69 Å². The van der Waals surface area contributed by atoms with Gasteiger partial charge in [-0.3, -0.25) is 4.79 Å². The number of hydrogen-bond acceptors (Lipinski definition) is 6. The molecular weight excluding hydrogens is 447 g/mol. The van der Waals surface area contributed by atoms with Gasteiger partial charge in [0.1, 0.15) is 5.82 Å². The predicted molar refractivity (Wildman–Crippen MR) is 120 cm³/mol. The first-order valence-corrected chi connectivity index (χ1v) is 11.1. The largest absolute Gasteiger partial charge is 0.435 e. The molecule has 0 aliphatic carbocycles. The van der Waals surface area contributed by atoms with Gasteiger partial charge in [0, 0.05) is 13.1 Å². The van der Waals surface area contributed by atoms with E-state index in [0.717, 1.165) is 30.2 Å². The summed E-state index contributed by atoms with van der Waals surface area (Å²) in [6.07, 6.45) is -1.10. The second kappa shape index (κ2) is 9.40. The van der Waals surface area contributed by atoms with Gasteiger partial charge in [-0.05, 0) is 56.9 Å². The van der Waals surface area contributed by atoms with Crippen LogP contribution in [-0.4, -0.2) is 55.1 Å². The third-order valence-electron chi connectivity index (χ3n) is 6.03. The Morgan fingerprint density at radius 3 is 2.62 bits per heavy atom. The number of anilines is 1. The van der Waals surface area contributed by atoms with Crippen molar-refractivity contribution in [3.63, 3.8) is 0 Å². The first-order valence-electron chi connectivity index (χ1n) is 11.1. The van der Waals surface area contributed by atoms with Gasteiger partial charge in [-0.25, -0.2) is 0 Å². The first kappa shape index (κ1) is 23.7. The molecule has 1 aromatic carbocycles. The van der Waals surface area contributed by atoms with E-state index in [0.29, 0.717) is 24.3 Å². The Morgan fingerprint density at radius 1 is 1.18 bits per heavy atom. The van der Waals surface area contributed by atoms with Crippen molar-refractivity contribution in [2.45, 2.75) is 45.8 Å². The third kappa shape index (κ3) is 5.02. The normalized spacial score (nSPS) is 18.7. The molecule has 0 radical (unpaired) electrons. The van der Waals surface area contributed by atoms with Crippen LogP contribution in [0.3, 0.4) is 0 Å². The number of carbonyl (C=O) groups excluding carboxylic acids is 1. The van der Waals surface area contributed by atoms with E-state index in [2.05, 4.69) is 32.6 Å². The van der Waals surface area contributed by atoms with Crippen molar-refractivity contribution in [3.05, 3.63) is 59.0 Å². The predicted octanol–water partition coefficient (Wildman–Crippen LogP) is 4.05. The van der Waals surface area contributed by atoms with Crippen LogP contribution in [-0.2, 0) is 6.18 Å². The highest BCUT2D eigenvalue weighted by atomic mass is 19.4. The van der Waals surface area contributed by atoms with Crippen LogP contribution in [0, 0.1) is 19.8 Å². The van der Waals surface area contributed by atoms with Crippen LogP contribution in [0.1, 0.15) is 47.1 Å². The van der Waals surface area contributed by atoms with E-state index < -0.39 is 11.9 Å². The molecule has 0 bridgehead atoms. The summed E-state index contributed by atoms with van der Waals surface area (Å²) in [7, 11) is 0. The first-order chi connectivity index (χ1) is 16.1. The third-order valence-corrected chi connectivity index (χ3v) is 6.03. The number of alkyl halides is 3. The molecule has 1 aliphatic rings. The fourth-order valence-electron chi connectivity index (χ4n) is 4.21. The Balaban J connectivity index is 1.57. The molecular formula is C23H26F3N7O. The molecule has 8 nitrogen and oxygen atoms in total. The quantitative estimate of drug-likeness (QED) is 0.602. The molecule has 0 spiro atoms. The van der Waals surface area contributed by atoms with Crippen LogP contribution in [0.5, 0.6) is 0 Å². The summed E-state index contributed by atoms with van der Waals surface area (Å²) >= 11 is 0.